The number of nitrogens with zero attached hydrogens (tertiary/aromatic N) is 6. The van der Waals surface area contributed by atoms with Crippen LogP contribution in [0, 0.1) is 0 Å². The Morgan fingerprint density at radius 2 is 1.41 bits per heavy atom. The molecule has 1 aliphatic rings. The predicted octanol–water partition coefficient (Wildman–Crippen LogP) is 4.58. The summed E-state index contributed by atoms with van der Waals surface area (Å²) in [6, 6.07) is 30.3. The largest absolute Gasteiger partial charge is 0.323 e. The second-order valence-corrected chi connectivity index (χ2v) is 7.54. The van der Waals surface area contributed by atoms with Crippen LogP contribution in [-0.2, 0) is 0 Å². The van der Waals surface area contributed by atoms with Gasteiger partial charge in [-0.1, -0.05) is 84.0 Å². The van der Waals surface area contributed by atoms with E-state index in [4.69, 9.17) is 5.10 Å². The van der Waals surface area contributed by atoms with Crippen molar-refractivity contribution in [2.45, 2.75) is 6.04 Å². The average molecular weight is 417 g/mol. The first-order valence-corrected chi connectivity index (χ1v) is 10.4. The van der Waals surface area contributed by atoms with E-state index in [-0.39, 0.29) is 6.04 Å². The van der Waals surface area contributed by atoms with Gasteiger partial charge in [0.1, 0.15) is 6.04 Å². The molecule has 0 saturated heterocycles. The normalized spacial score (nSPS) is 15.0. The number of benzene rings is 3. The van der Waals surface area contributed by atoms with E-state index in [2.05, 4.69) is 57.4 Å². The Balaban J connectivity index is 1.55. The summed E-state index contributed by atoms with van der Waals surface area (Å²) in [4.78, 5) is 0. The van der Waals surface area contributed by atoms with Crippen LogP contribution >= 0.6 is 0 Å². The zero-order valence-corrected chi connectivity index (χ0v) is 17.1. The Morgan fingerprint density at radius 3 is 2.12 bits per heavy atom. The van der Waals surface area contributed by atoms with Crippen molar-refractivity contribution in [3.05, 3.63) is 114 Å². The Kier molecular flexibility index (Phi) is 4.35. The minimum Gasteiger partial charge on any atom is -0.323 e. The van der Waals surface area contributed by atoms with Crippen LogP contribution in [0.4, 0.5) is 5.95 Å². The fraction of sp³-hybridized carbons (Fsp3) is 0.0400. The molecule has 7 heteroatoms. The molecule has 0 aliphatic carbocycles. The maximum Gasteiger partial charge on any atom is 0.248 e. The van der Waals surface area contributed by atoms with Crippen LogP contribution in [0.15, 0.2) is 103 Å². The number of para-hydroxylation sites is 1. The quantitative estimate of drug-likeness (QED) is 0.463. The van der Waals surface area contributed by atoms with Crippen LogP contribution in [0.5, 0.6) is 0 Å². The number of tetrazole rings is 1. The minimum absolute atomic E-state index is 0.218. The summed E-state index contributed by atoms with van der Waals surface area (Å²) in [5.74, 6) is 0.600. The standard InChI is InChI=1S/C25H19N7/c1-4-10-18(11-5-1)22-16-23(32-25(26-22)27-29-30-32)21-17-31(20-14-8-3-9-15-20)28-24(21)19-12-6-2-7-13-19/h1-17,23H,(H,26,27,30). The van der Waals surface area contributed by atoms with Crippen molar-refractivity contribution in [1.29, 1.82) is 0 Å². The molecule has 0 radical (unpaired) electrons. The molecule has 3 heterocycles. The number of hydrogen-bond acceptors (Lipinski definition) is 5. The molecule has 1 aliphatic heterocycles. The van der Waals surface area contributed by atoms with Crippen LogP contribution in [0.2, 0.25) is 0 Å². The molecule has 2 aromatic heterocycles. The summed E-state index contributed by atoms with van der Waals surface area (Å²) in [6.07, 6.45) is 4.22. The van der Waals surface area contributed by atoms with Gasteiger partial charge in [-0.2, -0.15) is 9.78 Å². The molecule has 32 heavy (non-hydrogen) atoms. The van der Waals surface area contributed by atoms with Crippen LogP contribution in [0.25, 0.3) is 22.6 Å². The van der Waals surface area contributed by atoms with E-state index in [1.807, 2.05) is 71.4 Å². The lowest BCUT2D eigenvalue weighted by atomic mass is 9.99. The van der Waals surface area contributed by atoms with Crippen LogP contribution in [-0.4, -0.2) is 30.0 Å². The van der Waals surface area contributed by atoms with Gasteiger partial charge in [0.25, 0.3) is 0 Å². The SMILES string of the molecule is C1=C(c2ccccc2)Nc2nnnn2C1c1cn(-c2ccccc2)nc1-c1ccccc1. The molecule has 7 nitrogen and oxygen atoms in total. The topological polar surface area (TPSA) is 73.5 Å². The Labute approximate surface area is 184 Å². The highest BCUT2D eigenvalue weighted by molar-refractivity contribution is 5.78. The van der Waals surface area contributed by atoms with Gasteiger partial charge in [-0.25, -0.2) is 4.68 Å². The molecule has 6 rings (SSSR count). The summed E-state index contributed by atoms with van der Waals surface area (Å²) >= 11 is 0. The van der Waals surface area contributed by atoms with Crippen molar-refractivity contribution in [1.82, 2.24) is 30.0 Å². The number of rotatable bonds is 4. The van der Waals surface area contributed by atoms with Crippen LogP contribution in [0.3, 0.4) is 0 Å². The summed E-state index contributed by atoms with van der Waals surface area (Å²) in [6.45, 7) is 0. The van der Waals surface area contributed by atoms with Gasteiger partial charge in [0.15, 0.2) is 0 Å². The summed E-state index contributed by atoms with van der Waals surface area (Å²) in [5, 5.41) is 20.7. The lowest BCUT2D eigenvalue weighted by Crippen LogP contribution is -2.20. The third-order valence-corrected chi connectivity index (χ3v) is 5.54. The first kappa shape index (κ1) is 18.3. The highest BCUT2D eigenvalue weighted by Gasteiger charge is 2.28. The molecular weight excluding hydrogens is 398 g/mol. The fourth-order valence-electron chi connectivity index (χ4n) is 4.00. The predicted molar refractivity (Wildman–Crippen MR) is 123 cm³/mol. The number of anilines is 1. The molecule has 0 fully saturated rings. The fourth-order valence-corrected chi connectivity index (χ4v) is 4.00. The van der Waals surface area contributed by atoms with E-state index in [9.17, 15) is 0 Å². The van der Waals surface area contributed by atoms with E-state index in [1.54, 1.807) is 4.68 Å². The first-order chi connectivity index (χ1) is 15.9. The molecule has 1 N–H and O–H groups in total. The molecular formula is C25H19N7. The zero-order chi connectivity index (χ0) is 21.3. The molecule has 5 aromatic rings. The van der Waals surface area contributed by atoms with Crippen molar-refractivity contribution in [2.75, 3.05) is 5.32 Å². The molecule has 0 spiro atoms. The molecule has 3 aromatic carbocycles. The van der Waals surface area contributed by atoms with E-state index in [0.29, 0.717) is 5.95 Å². The summed E-state index contributed by atoms with van der Waals surface area (Å²) in [7, 11) is 0. The van der Waals surface area contributed by atoms with E-state index < -0.39 is 0 Å². The van der Waals surface area contributed by atoms with Gasteiger partial charge in [-0.15, -0.1) is 0 Å². The van der Waals surface area contributed by atoms with Crippen molar-refractivity contribution in [3.63, 3.8) is 0 Å². The smallest absolute Gasteiger partial charge is 0.248 e. The highest BCUT2D eigenvalue weighted by Crippen LogP contribution is 2.36. The number of fused-ring (bicyclic) bond motifs is 1. The Bertz CT molecular complexity index is 1390. The molecule has 1 unspecified atom stereocenters. The third kappa shape index (κ3) is 3.16. The number of hydrogen-bond donors (Lipinski definition) is 1. The lowest BCUT2D eigenvalue weighted by molar-refractivity contribution is 0.586. The van der Waals surface area contributed by atoms with Gasteiger partial charge < -0.3 is 5.32 Å². The van der Waals surface area contributed by atoms with Crippen LogP contribution < -0.4 is 5.32 Å². The third-order valence-electron chi connectivity index (χ3n) is 5.54. The van der Waals surface area contributed by atoms with Gasteiger partial charge in [0, 0.05) is 23.0 Å². The number of nitrogens with one attached hydrogen (secondary N) is 1. The van der Waals surface area contributed by atoms with E-state index in [1.165, 1.54) is 0 Å². The van der Waals surface area contributed by atoms with Gasteiger partial charge >= 0.3 is 0 Å². The van der Waals surface area contributed by atoms with Gasteiger partial charge in [0.2, 0.25) is 5.95 Å². The maximum absolute atomic E-state index is 4.97. The maximum atomic E-state index is 4.97. The second kappa shape index (κ2) is 7.63. The Hall–Kier alpha value is -4.52. The molecule has 0 bridgehead atoms. The monoisotopic (exact) mass is 417 g/mol. The second-order valence-electron chi connectivity index (χ2n) is 7.54. The van der Waals surface area contributed by atoms with Crippen LogP contribution in [0.1, 0.15) is 17.2 Å². The number of aromatic nitrogens is 6. The Morgan fingerprint density at radius 1 is 0.750 bits per heavy atom. The van der Waals surface area contributed by atoms with Crippen molar-refractivity contribution < 1.29 is 0 Å². The molecule has 1 atom stereocenters. The molecule has 0 saturated carbocycles. The van der Waals surface area contributed by atoms with Gasteiger partial charge in [-0.05, 0) is 34.2 Å². The van der Waals surface area contributed by atoms with E-state index >= 15 is 0 Å². The first-order valence-electron chi connectivity index (χ1n) is 10.4. The zero-order valence-electron chi connectivity index (χ0n) is 17.1. The number of allylic oxidation sites excluding steroid dienone is 1. The minimum atomic E-state index is -0.218. The summed E-state index contributed by atoms with van der Waals surface area (Å²) in [5.41, 5.74) is 5.98. The van der Waals surface area contributed by atoms with Gasteiger partial charge in [-0.3, -0.25) is 0 Å². The summed E-state index contributed by atoms with van der Waals surface area (Å²) < 4.78 is 3.71. The average Bonchev–Trinajstić information content (AvgIpc) is 3.53. The van der Waals surface area contributed by atoms with Crippen molar-refractivity contribution in [2.24, 2.45) is 0 Å². The highest BCUT2D eigenvalue weighted by atomic mass is 15.6. The van der Waals surface area contributed by atoms with Crippen molar-refractivity contribution in [3.8, 4) is 16.9 Å². The molecule has 0 amide bonds. The van der Waals surface area contributed by atoms with Crippen molar-refractivity contribution >= 4 is 11.6 Å². The van der Waals surface area contributed by atoms with E-state index in [0.717, 1.165) is 33.8 Å². The lowest BCUT2D eigenvalue weighted by Gasteiger charge is -2.23. The van der Waals surface area contributed by atoms with Gasteiger partial charge in [0.05, 0.1) is 11.4 Å². The molecule has 154 valence electrons.